The van der Waals surface area contributed by atoms with Gasteiger partial charge in [-0.05, 0) is 20.3 Å². The van der Waals surface area contributed by atoms with Crippen LogP contribution in [0.2, 0.25) is 0 Å². The van der Waals surface area contributed by atoms with Crippen LogP contribution in [0.15, 0.2) is 0 Å². The summed E-state index contributed by atoms with van der Waals surface area (Å²) < 4.78 is 4.91. The van der Waals surface area contributed by atoms with Crippen LogP contribution < -0.4 is 10.6 Å². The molecular formula is C14H26N4O2. The molecule has 0 saturated heterocycles. The molecule has 1 aromatic rings. The predicted molar refractivity (Wildman–Crippen MR) is 81.3 cm³/mol. The van der Waals surface area contributed by atoms with Gasteiger partial charge in [-0.15, -0.1) is 0 Å². The molecule has 0 saturated carbocycles. The number of methoxy groups -OCH3 is 1. The maximum absolute atomic E-state index is 9.70. The van der Waals surface area contributed by atoms with E-state index in [-0.39, 0.29) is 0 Å². The number of aliphatic hydroxyl groups is 1. The Hall–Kier alpha value is -1.40. The van der Waals surface area contributed by atoms with Crippen molar-refractivity contribution >= 4 is 11.6 Å². The van der Waals surface area contributed by atoms with Gasteiger partial charge in [-0.1, -0.05) is 6.92 Å². The molecule has 0 spiro atoms. The van der Waals surface area contributed by atoms with E-state index < -0.39 is 6.10 Å². The maximum Gasteiger partial charge on any atom is 0.134 e. The Morgan fingerprint density at radius 3 is 2.40 bits per heavy atom. The van der Waals surface area contributed by atoms with Gasteiger partial charge in [0.1, 0.15) is 17.5 Å². The zero-order valence-corrected chi connectivity index (χ0v) is 12.9. The fraction of sp³-hybridized carbons (Fsp3) is 0.714. The first kappa shape index (κ1) is 16.7. The lowest BCUT2D eigenvalue weighted by Gasteiger charge is -2.16. The molecule has 1 aromatic heterocycles. The van der Waals surface area contributed by atoms with Gasteiger partial charge in [0, 0.05) is 32.2 Å². The minimum atomic E-state index is -0.549. The third-order valence-corrected chi connectivity index (χ3v) is 2.87. The molecule has 0 bridgehead atoms. The molecule has 1 atom stereocenters. The second kappa shape index (κ2) is 8.71. The van der Waals surface area contributed by atoms with Gasteiger partial charge in [-0.2, -0.15) is 0 Å². The third kappa shape index (κ3) is 4.94. The highest BCUT2D eigenvalue weighted by Crippen LogP contribution is 2.20. The molecule has 3 N–H and O–H groups in total. The highest BCUT2D eigenvalue weighted by atomic mass is 16.5. The lowest BCUT2D eigenvalue weighted by atomic mass is 10.2. The number of aliphatic hydroxyl groups excluding tert-OH is 1. The largest absolute Gasteiger partial charge is 0.389 e. The molecule has 0 fully saturated rings. The highest BCUT2D eigenvalue weighted by molar-refractivity contribution is 5.57. The van der Waals surface area contributed by atoms with Crippen LogP contribution in [0.4, 0.5) is 11.6 Å². The smallest absolute Gasteiger partial charge is 0.134 e. The van der Waals surface area contributed by atoms with Crippen LogP contribution in [-0.2, 0) is 11.2 Å². The molecule has 114 valence electrons. The van der Waals surface area contributed by atoms with E-state index in [1.54, 1.807) is 7.11 Å². The van der Waals surface area contributed by atoms with Crippen LogP contribution >= 0.6 is 0 Å². The summed E-state index contributed by atoms with van der Waals surface area (Å²) in [6.07, 6.45) is 1.29. The molecule has 6 heteroatoms. The molecular weight excluding hydrogens is 256 g/mol. The van der Waals surface area contributed by atoms with E-state index in [1.165, 1.54) is 0 Å². The van der Waals surface area contributed by atoms with Crippen LogP contribution in [0, 0.1) is 6.92 Å². The van der Waals surface area contributed by atoms with Crippen molar-refractivity contribution in [2.24, 2.45) is 0 Å². The van der Waals surface area contributed by atoms with E-state index in [1.807, 2.05) is 13.8 Å². The van der Waals surface area contributed by atoms with Crippen molar-refractivity contribution in [2.45, 2.75) is 39.7 Å². The second-order valence-corrected chi connectivity index (χ2v) is 4.73. The lowest BCUT2D eigenvalue weighted by molar-refractivity contribution is 0.0727. The minimum absolute atomic E-state index is 0.305. The molecule has 0 aliphatic heterocycles. The van der Waals surface area contributed by atoms with Gasteiger partial charge in [-0.25, -0.2) is 9.97 Å². The lowest BCUT2D eigenvalue weighted by Crippen LogP contribution is -2.25. The van der Waals surface area contributed by atoms with Gasteiger partial charge in [0.05, 0.1) is 12.7 Å². The molecule has 0 aliphatic carbocycles. The van der Waals surface area contributed by atoms with Gasteiger partial charge in [0.2, 0.25) is 0 Å². The van der Waals surface area contributed by atoms with Gasteiger partial charge in [-0.3, -0.25) is 0 Å². The van der Waals surface area contributed by atoms with Gasteiger partial charge in [0.15, 0.2) is 0 Å². The van der Waals surface area contributed by atoms with E-state index in [9.17, 15) is 5.11 Å². The molecule has 0 aromatic carbocycles. The van der Waals surface area contributed by atoms with Crippen molar-refractivity contribution < 1.29 is 9.84 Å². The Bertz CT molecular complexity index is 412. The van der Waals surface area contributed by atoms with E-state index in [2.05, 4.69) is 27.5 Å². The molecule has 0 aliphatic rings. The first-order chi connectivity index (χ1) is 9.62. The number of hydrogen-bond donors (Lipinski definition) is 3. The third-order valence-electron chi connectivity index (χ3n) is 2.87. The molecule has 0 radical (unpaired) electrons. The number of ether oxygens (including phenoxy) is 1. The number of nitrogens with one attached hydrogen (secondary N) is 2. The zero-order valence-electron chi connectivity index (χ0n) is 12.9. The fourth-order valence-electron chi connectivity index (χ4n) is 1.88. The van der Waals surface area contributed by atoms with Crippen molar-refractivity contribution in [3.05, 3.63) is 11.4 Å². The van der Waals surface area contributed by atoms with Crippen molar-refractivity contribution in [2.75, 3.05) is 37.4 Å². The van der Waals surface area contributed by atoms with Crippen LogP contribution in [-0.4, -0.2) is 48.0 Å². The van der Waals surface area contributed by atoms with Crippen LogP contribution in [0.3, 0.4) is 0 Å². The van der Waals surface area contributed by atoms with E-state index in [4.69, 9.17) is 4.74 Å². The minimum Gasteiger partial charge on any atom is -0.389 e. The second-order valence-electron chi connectivity index (χ2n) is 4.73. The van der Waals surface area contributed by atoms with Crippen molar-refractivity contribution in [1.29, 1.82) is 0 Å². The first-order valence-electron chi connectivity index (χ1n) is 7.14. The zero-order chi connectivity index (χ0) is 15.0. The summed E-state index contributed by atoms with van der Waals surface area (Å²) in [5.41, 5.74) is 0.969. The van der Waals surface area contributed by atoms with E-state index in [0.29, 0.717) is 13.2 Å². The number of aromatic nitrogens is 2. The summed E-state index contributed by atoms with van der Waals surface area (Å²) in [4.78, 5) is 9.05. The summed E-state index contributed by atoms with van der Waals surface area (Å²) in [6, 6.07) is 0. The average Bonchev–Trinajstić information content (AvgIpc) is 2.41. The molecule has 1 unspecified atom stereocenters. The maximum atomic E-state index is 9.70. The van der Waals surface area contributed by atoms with Gasteiger partial charge >= 0.3 is 0 Å². The summed E-state index contributed by atoms with van der Waals surface area (Å²) in [6.45, 7) is 7.64. The van der Waals surface area contributed by atoms with Crippen LogP contribution in [0.1, 0.15) is 31.7 Å². The molecule has 1 rings (SSSR count). The highest BCUT2D eigenvalue weighted by Gasteiger charge is 2.11. The number of aryl methyl sites for hydroxylation is 1. The number of hydrogen-bond acceptors (Lipinski definition) is 6. The van der Waals surface area contributed by atoms with Crippen molar-refractivity contribution in [3.63, 3.8) is 0 Å². The summed E-state index contributed by atoms with van der Waals surface area (Å²) in [5.74, 6) is 2.45. The first-order valence-corrected chi connectivity index (χ1v) is 7.14. The topological polar surface area (TPSA) is 79.3 Å². The van der Waals surface area contributed by atoms with Gasteiger partial charge in [0.25, 0.3) is 0 Å². The predicted octanol–water partition coefficient (Wildman–Crippen LogP) is 1.59. The Kier molecular flexibility index (Phi) is 7.25. The molecule has 0 amide bonds. The van der Waals surface area contributed by atoms with Gasteiger partial charge < -0.3 is 20.5 Å². The number of nitrogens with zero attached hydrogens (tertiary/aromatic N) is 2. The normalized spacial score (nSPS) is 12.2. The number of anilines is 2. The Morgan fingerprint density at radius 1 is 1.20 bits per heavy atom. The monoisotopic (exact) mass is 282 g/mol. The van der Waals surface area contributed by atoms with Crippen molar-refractivity contribution in [1.82, 2.24) is 9.97 Å². The SMILES string of the molecule is CCCc1nc(NCC)c(C)c(NCC(O)COC)n1. The quantitative estimate of drug-likeness (QED) is 0.638. The van der Waals surface area contributed by atoms with E-state index in [0.717, 1.165) is 42.4 Å². The summed E-state index contributed by atoms with van der Waals surface area (Å²) in [7, 11) is 1.57. The average molecular weight is 282 g/mol. The molecule has 6 nitrogen and oxygen atoms in total. The Labute approximate surface area is 121 Å². The Morgan fingerprint density at radius 2 is 1.85 bits per heavy atom. The van der Waals surface area contributed by atoms with Crippen LogP contribution in [0.5, 0.6) is 0 Å². The molecule has 1 heterocycles. The number of rotatable bonds is 9. The standard InChI is InChI=1S/C14H26N4O2/c1-5-7-12-17-13(15-6-2)10(3)14(18-12)16-8-11(19)9-20-4/h11,19H,5-9H2,1-4H3,(H2,15,16,17,18). The molecule has 20 heavy (non-hydrogen) atoms. The fourth-order valence-corrected chi connectivity index (χ4v) is 1.88. The van der Waals surface area contributed by atoms with Crippen LogP contribution in [0.25, 0.3) is 0 Å². The summed E-state index contributed by atoms with van der Waals surface area (Å²) >= 11 is 0. The van der Waals surface area contributed by atoms with E-state index >= 15 is 0 Å². The summed E-state index contributed by atoms with van der Waals surface area (Å²) in [5, 5.41) is 16.1. The Balaban J connectivity index is 2.86. The van der Waals surface area contributed by atoms with Crippen molar-refractivity contribution in [3.8, 4) is 0 Å².